The fourth-order valence-corrected chi connectivity index (χ4v) is 2.77. The summed E-state index contributed by atoms with van der Waals surface area (Å²) >= 11 is 0. The van der Waals surface area contributed by atoms with Crippen LogP contribution in [0.1, 0.15) is 25.3 Å². The average molecular weight is 266 g/mol. The van der Waals surface area contributed by atoms with Gasteiger partial charge in [-0.25, -0.2) is 0 Å². The van der Waals surface area contributed by atoms with Crippen LogP contribution in [0.25, 0.3) is 10.9 Å². The number of nitrogens with zero attached hydrogens (tertiary/aromatic N) is 2. The highest BCUT2D eigenvalue weighted by molar-refractivity contribution is 5.94. The molecule has 1 fully saturated rings. The highest BCUT2D eigenvalue weighted by atomic mass is 15.0. The van der Waals surface area contributed by atoms with Gasteiger partial charge in [0.25, 0.3) is 0 Å². The van der Waals surface area contributed by atoms with Gasteiger partial charge in [0, 0.05) is 17.1 Å². The zero-order chi connectivity index (χ0) is 14.0. The van der Waals surface area contributed by atoms with Crippen LogP contribution in [0.3, 0.4) is 0 Å². The van der Waals surface area contributed by atoms with E-state index in [1.807, 2.05) is 24.3 Å². The fourth-order valence-electron chi connectivity index (χ4n) is 2.77. The predicted molar refractivity (Wildman–Crippen MR) is 80.6 cm³/mol. The first-order valence-corrected chi connectivity index (χ1v) is 6.99. The molecule has 2 N–H and O–H groups in total. The maximum absolute atomic E-state index is 9.35. The second-order valence-corrected chi connectivity index (χ2v) is 5.61. The fraction of sp³-hybridized carbons (Fsp3) is 0.375. The van der Waals surface area contributed by atoms with Crippen molar-refractivity contribution < 1.29 is 0 Å². The summed E-state index contributed by atoms with van der Waals surface area (Å²) in [6.07, 6.45) is 3.76. The molecule has 102 valence electrons. The Balaban J connectivity index is 2.07. The summed E-state index contributed by atoms with van der Waals surface area (Å²) in [4.78, 5) is 4.35. The highest BCUT2D eigenvalue weighted by Crippen LogP contribution is 2.31. The minimum absolute atomic E-state index is 0.0287. The summed E-state index contributed by atoms with van der Waals surface area (Å²) in [5, 5.41) is 17.4. The number of nitrogens with one attached hydrogen (secondary N) is 2. The quantitative estimate of drug-likeness (QED) is 0.877. The molecular weight excluding hydrogens is 248 g/mol. The Morgan fingerprint density at radius 3 is 2.80 bits per heavy atom. The number of para-hydroxylation sites is 1. The van der Waals surface area contributed by atoms with Crippen LogP contribution < -0.4 is 10.6 Å². The lowest BCUT2D eigenvalue weighted by Crippen LogP contribution is -2.45. The van der Waals surface area contributed by atoms with Crippen molar-refractivity contribution in [2.45, 2.75) is 25.3 Å². The summed E-state index contributed by atoms with van der Waals surface area (Å²) in [5.74, 6) is 0. The van der Waals surface area contributed by atoms with Crippen molar-refractivity contribution in [2.75, 3.05) is 18.4 Å². The Morgan fingerprint density at radius 1 is 1.30 bits per heavy atom. The van der Waals surface area contributed by atoms with Crippen molar-refractivity contribution in [1.82, 2.24) is 10.3 Å². The van der Waals surface area contributed by atoms with E-state index >= 15 is 0 Å². The molecule has 1 aliphatic rings. The van der Waals surface area contributed by atoms with E-state index in [-0.39, 0.29) is 5.54 Å². The molecule has 2 aromatic rings. The zero-order valence-corrected chi connectivity index (χ0v) is 11.6. The van der Waals surface area contributed by atoms with Gasteiger partial charge in [0.1, 0.15) is 6.07 Å². The Labute approximate surface area is 118 Å². The van der Waals surface area contributed by atoms with E-state index in [9.17, 15) is 5.26 Å². The van der Waals surface area contributed by atoms with Gasteiger partial charge in [-0.2, -0.15) is 5.26 Å². The molecule has 0 aliphatic carbocycles. The molecule has 0 radical (unpaired) electrons. The van der Waals surface area contributed by atoms with Crippen molar-refractivity contribution in [3.8, 4) is 6.07 Å². The van der Waals surface area contributed by atoms with Crippen molar-refractivity contribution in [3.63, 3.8) is 0 Å². The molecule has 0 spiro atoms. The largest absolute Gasteiger partial charge is 0.378 e. The number of pyridine rings is 1. The number of fused-ring (bicyclic) bond motifs is 1. The molecule has 1 aromatic carbocycles. The van der Waals surface area contributed by atoms with Crippen LogP contribution in [0.5, 0.6) is 0 Å². The monoisotopic (exact) mass is 266 g/mol. The maximum Gasteiger partial charge on any atom is 0.103 e. The average Bonchev–Trinajstić information content (AvgIpc) is 2.48. The predicted octanol–water partition coefficient (Wildman–Crippen LogP) is 2.66. The maximum atomic E-state index is 9.35. The third-order valence-electron chi connectivity index (χ3n) is 4.03. The summed E-state index contributed by atoms with van der Waals surface area (Å²) in [6.45, 7) is 4.24. The minimum Gasteiger partial charge on any atom is -0.378 e. The lowest BCUT2D eigenvalue weighted by molar-refractivity contribution is 0.365. The Kier molecular flexibility index (Phi) is 3.29. The molecule has 20 heavy (non-hydrogen) atoms. The standard InChI is InChI=1S/C16H18N4/c1-16(6-8-18-9-7-16)20-15-12(10-17)11-19-14-5-3-2-4-13(14)15/h2-5,11,18H,6-9H2,1H3,(H,19,20). The molecule has 3 rings (SSSR count). The Morgan fingerprint density at radius 2 is 2.05 bits per heavy atom. The lowest BCUT2D eigenvalue weighted by atomic mass is 9.89. The molecule has 0 amide bonds. The van der Waals surface area contributed by atoms with Crippen LogP contribution in [0.2, 0.25) is 0 Å². The SMILES string of the molecule is CC1(Nc2c(C#N)cnc3ccccc23)CCNCC1. The number of rotatable bonds is 2. The van der Waals surface area contributed by atoms with Crippen LogP contribution in [0, 0.1) is 11.3 Å². The highest BCUT2D eigenvalue weighted by Gasteiger charge is 2.27. The van der Waals surface area contributed by atoms with E-state index in [1.165, 1.54) is 0 Å². The first kappa shape index (κ1) is 12.9. The molecule has 0 bridgehead atoms. The molecule has 1 aromatic heterocycles. The van der Waals surface area contributed by atoms with Crippen molar-refractivity contribution >= 4 is 16.6 Å². The van der Waals surface area contributed by atoms with E-state index in [0.717, 1.165) is 42.5 Å². The van der Waals surface area contributed by atoms with Crippen molar-refractivity contribution in [3.05, 3.63) is 36.0 Å². The number of hydrogen-bond acceptors (Lipinski definition) is 4. The molecule has 4 heteroatoms. The van der Waals surface area contributed by atoms with E-state index in [0.29, 0.717) is 5.56 Å². The molecule has 0 unspecified atom stereocenters. The van der Waals surface area contributed by atoms with Gasteiger partial charge in [-0.3, -0.25) is 4.98 Å². The van der Waals surface area contributed by atoms with Gasteiger partial charge in [-0.15, -0.1) is 0 Å². The number of anilines is 1. The summed E-state index contributed by atoms with van der Waals surface area (Å²) in [5.41, 5.74) is 2.48. The van der Waals surface area contributed by atoms with Gasteiger partial charge in [-0.1, -0.05) is 18.2 Å². The van der Waals surface area contributed by atoms with Crippen LogP contribution in [-0.4, -0.2) is 23.6 Å². The van der Waals surface area contributed by atoms with E-state index < -0.39 is 0 Å². The van der Waals surface area contributed by atoms with Gasteiger partial charge >= 0.3 is 0 Å². The lowest BCUT2D eigenvalue weighted by Gasteiger charge is -2.36. The van der Waals surface area contributed by atoms with E-state index in [4.69, 9.17) is 0 Å². The molecule has 0 atom stereocenters. The number of benzene rings is 1. The van der Waals surface area contributed by atoms with Crippen LogP contribution in [0.15, 0.2) is 30.5 Å². The van der Waals surface area contributed by atoms with Gasteiger partial charge in [0.15, 0.2) is 0 Å². The van der Waals surface area contributed by atoms with E-state index in [1.54, 1.807) is 6.20 Å². The van der Waals surface area contributed by atoms with Crippen molar-refractivity contribution in [2.24, 2.45) is 0 Å². The van der Waals surface area contributed by atoms with E-state index in [2.05, 4.69) is 28.6 Å². The first-order valence-electron chi connectivity index (χ1n) is 6.99. The molecule has 4 nitrogen and oxygen atoms in total. The van der Waals surface area contributed by atoms with Crippen LogP contribution >= 0.6 is 0 Å². The summed E-state index contributed by atoms with van der Waals surface area (Å²) in [7, 11) is 0. The van der Waals surface area contributed by atoms with Gasteiger partial charge in [0.2, 0.25) is 0 Å². The number of nitriles is 1. The second kappa shape index (κ2) is 5.10. The number of aromatic nitrogens is 1. The molecule has 1 aliphatic heterocycles. The molecule has 0 saturated carbocycles. The summed E-state index contributed by atoms with van der Waals surface area (Å²) in [6, 6.07) is 10.2. The van der Waals surface area contributed by atoms with Crippen molar-refractivity contribution in [1.29, 1.82) is 5.26 Å². The normalized spacial score (nSPS) is 17.6. The smallest absolute Gasteiger partial charge is 0.103 e. The Bertz CT molecular complexity index is 666. The third-order valence-corrected chi connectivity index (χ3v) is 4.03. The zero-order valence-electron chi connectivity index (χ0n) is 11.6. The van der Waals surface area contributed by atoms with Crippen LogP contribution in [-0.2, 0) is 0 Å². The topological polar surface area (TPSA) is 60.7 Å². The molecular formula is C16H18N4. The second-order valence-electron chi connectivity index (χ2n) is 5.61. The van der Waals surface area contributed by atoms with Gasteiger partial charge in [0.05, 0.1) is 16.8 Å². The third kappa shape index (κ3) is 2.33. The molecule has 1 saturated heterocycles. The number of piperidine rings is 1. The molecule has 2 heterocycles. The van der Waals surface area contributed by atoms with Gasteiger partial charge in [-0.05, 0) is 38.9 Å². The van der Waals surface area contributed by atoms with Crippen LogP contribution in [0.4, 0.5) is 5.69 Å². The number of hydrogen-bond donors (Lipinski definition) is 2. The van der Waals surface area contributed by atoms with Gasteiger partial charge < -0.3 is 10.6 Å². The minimum atomic E-state index is 0.0287. The summed E-state index contributed by atoms with van der Waals surface area (Å²) < 4.78 is 0. The first-order chi connectivity index (χ1) is 9.72. The Hall–Kier alpha value is -2.12.